The number of para-hydroxylation sites is 3. The van der Waals surface area contributed by atoms with E-state index in [2.05, 4.69) is 266 Å². The van der Waals surface area contributed by atoms with E-state index < -0.39 is 0 Å². The SMILES string of the molecule is Cc1ccc(-c2ccccc2)cc1N(c1cccc(-c2ccccc2)c1)c1cccc(N(c2ccccc2)c2cc(N(c3ccccc3)c3ccccc3)ccc2C)c1C. The summed E-state index contributed by atoms with van der Waals surface area (Å²) >= 11 is 0. The molecule has 9 aromatic rings. The molecule has 3 heteroatoms. The minimum absolute atomic E-state index is 1.08. The molecule has 0 bridgehead atoms. The molecule has 60 heavy (non-hydrogen) atoms. The van der Waals surface area contributed by atoms with Gasteiger partial charge >= 0.3 is 0 Å². The van der Waals surface area contributed by atoms with Crippen molar-refractivity contribution in [2.75, 3.05) is 14.7 Å². The molecular formula is C57H47N3. The van der Waals surface area contributed by atoms with Gasteiger partial charge in [0.15, 0.2) is 0 Å². The average molecular weight is 774 g/mol. The molecular weight excluding hydrogens is 727 g/mol. The van der Waals surface area contributed by atoms with E-state index in [4.69, 9.17) is 0 Å². The van der Waals surface area contributed by atoms with Crippen LogP contribution in [0.2, 0.25) is 0 Å². The van der Waals surface area contributed by atoms with Gasteiger partial charge in [-0.25, -0.2) is 0 Å². The van der Waals surface area contributed by atoms with Crippen molar-refractivity contribution < 1.29 is 0 Å². The summed E-state index contributed by atoms with van der Waals surface area (Å²) in [5.41, 5.74) is 18.1. The van der Waals surface area contributed by atoms with Gasteiger partial charge in [-0.2, -0.15) is 0 Å². The minimum Gasteiger partial charge on any atom is -0.310 e. The van der Waals surface area contributed by atoms with Gasteiger partial charge in [-0.3, -0.25) is 0 Å². The van der Waals surface area contributed by atoms with Crippen LogP contribution in [-0.2, 0) is 0 Å². The molecule has 0 atom stereocenters. The van der Waals surface area contributed by atoms with Crippen LogP contribution in [0.1, 0.15) is 16.7 Å². The standard InChI is InChI=1S/C57H47N3/c1-42-35-37-48(46-23-11-5-12-24-46)40-56(42)60(52-32-19-25-47(39-52)45-21-9-4-10-22-45)55-34-20-33-54(44(55)3)59(51-30-17-8-18-31-51)57-41-53(38-36-43(57)2)58(49-26-13-6-14-27-49)50-28-15-7-16-29-50/h4-41H,1-3H3. The smallest absolute Gasteiger partial charge is 0.0511 e. The first-order valence-electron chi connectivity index (χ1n) is 20.6. The van der Waals surface area contributed by atoms with Gasteiger partial charge in [0, 0.05) is 34.1 Å². The summed E-state index contributed by atoms with van der Waals surface area (Å²) in [6, 6.07) is 82.6. The maximum atomic E-state index is 2.45. The molecule has 0 amide bonds. The molecule has 0 radical (unpaired) electrons. The summed E-state index contributed by atoms with van der Waals surface area (Å²) in [4.78, 5) is 7.21. The first kappa shape index (κ1) is 37.9. The zero-order chi connectivity index (χ0) is 40.8. The Morgan fingerprint density at radius 2 is 0.600 bits per heavy atom. The second-order valence-corrected chi connectivity index (χ2v) is 15.2. The van der Waals surface area contributed by atoms with Crippen molar-refractivity contribution in [2.45, 2.75) is 20.8 Å². The molecule has 0 saturated heterocycles. The second-order valence-electron chi connectivity index (χ2n) is 15.2. The molecule has 0 fully saturated rings. The van der Waals surface area contributed by atoms with Crippen molar-refractivity contribution in [3.8, 4) is 22.3 Å². The highest BCUT2D eigenvalue weighted by Crippen LogP contribution is 2.47. The molecule has 0 heterocycles. The Morgan fingerprint density at radius 3 is 1.13 bits per heavy atom. The van der Waals surface area contributed by atoms with Gasteiger partial charge < -0.3 is 14.7 Å². The summed E-state index contributed by atoms with van der Waals surface area (Å²) in [6.07, 6.45) is 0. The third kappa shape index (κ3) is 7.69. The van der Waals surface area contributed by atoms with E-state index in [1.54, 1.807) is 0 Å². The third-order valence-electron chi connectivity index (χ3n) is 11.3. The zero-order valence-electron chi connectivity index (χ0n) is 34.3. The first-order valence-corrected chi connectivity index (χ1v) is 20.6. The van der Waals surface area contributed by atoms with Crippen LogP contribution >= 0.6 is 0 Å². The molecule has 0 aromatic heterocycles. The van der Waals surface area contributed by atoms with Crippen molar-refractivity contribution >= 4 is 51.2 Å². The van der Waals surface area contributed by atoms with Gasteiger partial charge in [-0.15, -0.1) is 0 Å². The molecule has 0 spiro atoms. The number of hydrogen-bond donors (Lipinski definition) is 0. The molecule has 290 valence electrons. The average Bonchev–Trinajstić information content (AvgIpc) is 3.31. The highest BCUT2D eigenvalue weighted by molar-refractivity contribution is 5.91. The lowest BCUT2D eigenvalue weighted by atomic mass is 9.99. The summed E-state index contributed by atoms with van der Waals surface area (Å²) in [7, 11) is 0. The van der Waals surface area contributed by atoms with Gasteiger partial charge in [-0.1, -0.05) is 152 Å². The molecule has 0 saturated carbocycles. The van der Waals surface area contributed by atoms with Crippen LogP contribution < -0.4 is 14.7 Å². The van der Waals surface area contributed by atoms with Gasteiger partial charge in [0.05, 0.1) is 17.1 Å². The van der Waals surface area contributed by atoms with Crippen molar-refractivity contribution in [3.63, 3.8) is 0 Å². The Balaban J connectivity index is 1.25. The summed E-state index contributed by atoms with van der Waals surface area (Å²) in [5, 5.41) is 0. The fraction of sp³-hybridized carbons (Fsp3) is 0.0526. The highest BCUT2D eigenvalue weighted by Gasteiger charge is 2.24. The van der Waals surface area contributed by atoms with E-state index in [1.165, 1.54) is 33.4 Å². The maximum Gasteiger partial charge on any atom is 0.0511 e. The van der Waals surface area contributed by atoms with Gasteiger partial charge in [0.1, 0.15) is 0 Å². The highest BCUT2D eigenvalue weighted by atomic mass is 15.2. The second kappa shape index (κ2) is 17.1. The molecule has 0 unspecified atom stereocenters. The number of anilines is 9. The topological polar surface area (TPSA) is 9.72 Å². The number of rotatable bonds is 11. The first-order chi connectivity index (χ1) is 29.5. The minimum atomic E-state index is 1.08. The lowest BCUT2D eigenvalue weighted by Crippen LogP contribution is -2.17. The van der Waals surface area contributed by atoms with Crippen LogP contribution in [0, 0.1) is 20.8 Å². The lowest BCUT2D eigenvalue weighted by molar-refractivity contribution is 1.18. The Kier molecular flexibility index (Phi) is 10.8. The van der Waals surface area contributed by atoms with Crippen molar-refractivity contribution in [2.24, 2.45) is 0 Å². The van der Waals surface area contributed by atoms with Gasteiger partial charge in [0.25, 0.3) is 0 Å². The van der Waals surface area contributed by atoms with Crippen molar-refractivity contribution in [3.05, 3.63) is 247 Å². The van der Waals surface area contributed by atoms with Gasteiger partial charge in [0.2, 0.25) is 0 Å². The van der Waals surface area contributed by atoms with E-state index in [0.717, 1.165) is 56.7 Å². The van der Waals surface area contributed by atoms with Crippen LogP contribution in [0.4, 0.5) is 51.2 Å². The molecule has 3 nitrogen and oxygen atoms in total. The number of benzene rings is 9. The van der Waals surface area contributed by atoms with Crippen LogP contribution in [0.25, 0.3) is 22.3 Å². The number of nitrogens with zero attached hydrogens (tertiary/aromatic N) is 3. The summed E-state index contributed by atoms with van der Waals surface area (Å²) in [5.74, 6) is 0. The molecule has 9 aromatic carbocycles. The zero-order valence-corrected chi connectivity index (χ0v) is 34.3. The molecule has 0 aliphatic rings. The number of hydrogen-bond acceptors (Lipinski definition) is 3. The quantitative estimate of drug-likeness (QED) is 0.130. The monoisotopic (exact) mass is 773 g/mol. The van der Waals surface area contributed by atoms with Crippen LogP contribution in [-0.4, -0.2) is 0 Å². The summed E-state index contributed by atoms with van der Waals surface area (Å²) < 4.78 is 0. The Bertz CT molecular complexity index is 2800. The molecule has 0 aliphatic heterocycles. The largest absolute Gasteiger partial charge is 0.310 e. The van der Waals surface area contributed by atoms with E-state index >= 15 is 0 Å². The summed E-state index contributed by atoms with van der Waals surface area (Å²) in [6.45, 7) is 6.70. The Labute approximate surface area is 354 Å². The predicted octanol–water partition coefficient (Wildman–Crippen LogP) is 16.4. The molecule has 0 aliphatic carbocycles. The number of aryl methyl sites for hydroxylation is 2. The maximum absolute atomic E-state index is 2.45. The predicted molar refractivity (Wildman–Crippen MR) is 256 cm³/mol. The van der Waals surface area contributed by atoms with Crippen molar-refractivity contribution in [1.29, 1.82) is 0 Å². The van der Waals surface area contributed by atoms with E-state index in [9.17, 15) is 0 Å². The lowest BCUT2D eigenvalue weighted by Gasteiger charge is -2.34. The fourth-order valence-corrected chi connectivity index (χ4v) is 8.18. The van der Waals surface area contributed by atoms with Crippen LogP contribution in [0.3, 0.4) is 0 Å². The Hall–Kier alpha value is -7.62. The van der Waals surface area contributed by atoms with E-state index in [0.29, 0.717) is 0 Å². The normalized spacial score (nSPS) is 10.9. The van der Waals surface area contributed by atoms with Crippen molar-refractivity contribution in [1.82, 2.24) is 0 Å². The van der Waals surface area contributed by atoms with E-state index in [-0.39, 0.29) is 0 Å². The van der Waals surface area contributed by atoms with Crippen LogP contribution in [0.5, 0.6) is 0 Å². The van der Waals surface area contributed by atoms with Gasteiger partial charge in [-0.05, 0) is 139 Å². The fourth-order valence-electron chi connectivity index (χ4n) is 8.18. The molecule has 0 N–H and O–H groups in total. The third-order valence-corrected chi connectivity index (χ3v) is 11.3. The molecule has 9 rings (SSSR count). The Morgan fingerprint density at radius 1 is 0.233 bits per heavy atom. The van der Waals surface area contributed by atoms with E-state index in [1.807, 2.05) is 0 Å². The van der Waals surface area contributed by atoms with Crippen LogP contribution in [0.15, 0.2) is 231 Å².